The quantitative estimate of drug-likeness (QED) is 0.0447. The lowest BCUT2D eigenvalue weighted by Crippen LogP contribution is -2.54. The van der Waals surface area contributed by atoms with E-state index in [9.17, 15) is 33.9 Å². The molecule has 1 aromatic heterocycles. The van der Waals surface area contributed by atoms with Crippen molar-refractivity contribution in [1.29, 1.82) is 0 Å². The molecule has 5 N–H and O–H groups in total. The van der Waals surface area contributed by atoms with E-state index >= 15 is 0 Å². The molecule has 2 atom stereocenters. The summed E-state index contributed by atoms with van der Waals surface area (Å²) in [5.41, 5.74) is 6.97. The van der Waals surface area contributed by atoms with Crippen LogP contribution >= 0.6 is 0 Å². The summed E-state index contributed by atoms with van der Waals surface area (Å²) in [7, 11) is 0. The van der Waals surface area contributed by atoms with Gasteiger partial charge in [-0.15, -0.1) is 0 Å². The van der Waals surface area contributed by atoms with Gasteiger partial charge in [0, 0.05) is 61.9 Å². The predicted molar refractivity (Wildman–Crippen MR) is 254 cm³/mol. The average Bonchev–Trinajstić information content (AvgIpc) is 4.14. The number of rotatable bonds is 26. The number of imidazole rings is 1. The number of nitrogens with one attached hydrogen (secondary N) is 4. The van der Waals surface area contributed by atoms with Gasteiger partial charge in [0.1, 0.15) is 17.6 Å². The lowest BCUT2D eigenvalue weighted by atomic mass is 10.0. The number of fused-ring (bicyclic) bond motifs is 3. The fourth-order valence-electron chi connectivity index (χ4n) is 9.16. The second-order valence-corrected chi connectivity index (χ2v) is 17.6. The minimum atomic E-state index is -1.03. The first-order chi connectivity index (χ1) is 34.1. The van der Waals surface area contributed by atoms with Crippen LogP contribution in [-0.4, -0.2) is 134 Å². The van der Waals surface area contributed by atoms with Crippen molar-refractivity contribution >= 4 is 41.1 Å². The van der Waals surface area contributed by atoms with Gasteiger partial charge in [-0.3, -0.25) is 39.0 Å². The molecule has 19 heteroatoms. The topological polar surface area (TPSA) is 238 Å². The fraction of sp³-hybridized carbons (Fsp3) is 0.471. The minimum Gasteiger partial charge on any atom is -0.493 e. The van der Waals surface area contributed by atoms with Gasteiger partial charge in [0.05, 0.1) is 88.9 Å². The minimum absolute atomic E-state index is 0.0514. The zero-order valence-electron chi connectivity index (χ0n) is 39.5. The maximum Gasteiger partial charge on any atom is 0.264 e. The summed E-state index contributed by atoms with van der Waals surface area (Å²) in [6, 6.07) is 13.6. The van der Waals surface area contributed by atoms with Crippen LogP contribution in [-0.2, 0) is 59.3 Å². The highest BCUT2D eigenvalue weighted by molar-refractivity contribution is 6.25. The van der Waals surface area contributed by atoms with E-state index in [1.165, 1.54) is 5.56 Å². The summed E-state index contributed by atoms with van der Waals surface area (Å²) in [5.74, 6) is -0.968. The predicted octanol–water partition coefficient (Wildman–Crippen LogP) is 3.57. The number of nitrogens with zero attached hydrogens (tertiary/aromatic N) is 3. The maximum absolute atomic E-state index is 13.6. The zero-order chi connectivity index (χ0) is 49.0. The number of benzene rings is 3. The van der Waals surface area contributed by atoms with Crippen LogP contribution in [0, 0.1) is 6.92 Å². The van der Waals surface area contributed by atoms with Gasteiger partial charge >= 0.3 is 0 Å². The number of imide groups is 2. The van der Waals surface area contributed by atoms with Gasteiger partial charge in [-0.05, 0) is 91.6 Å². The highest BCUT2D eigenvalue weighted by atomic mass is 16.6. The number of piperidine rings is 1. The van der Waals surface area contributed by atoms with E-state index in [1.54, 1.807) is 30.3 Å². The van der Waals surface area contributed by atoms with Crippen LogP contribution in [0.3, 0.4) is 0 Å². The van der Waals surface area contributed by atoms with E-state index < -0.39 is 29.7 Å². The van der Waals surface area contributed by atoms with E-state index in [1.807, 2.05) is 6.92 Å². The smallest absolute Gasteiger partial charge is 0.264 e. The molecule has 8 rings (SSSR count). The third kappa shape index (κ3) is 12.1. The van der Waals surface area contributed by atoms with Crippen LogP contribution in [0.25, 0.3) is 11.3 Å². The molecule has 1 aliphatic carbocycles. The number of aliphatic hydroxyl groups is 1. The molecule has 0 spiro atoms. The summed E-state index contributed by atoms with van der Waals surface area (Å²) in [6.45, 7) is 6.30. The summed E-state index contributed by atoms with van der Waals surface area (Å²) < 4.78 is 30.5. The third-order valence-electron chi connectivity index (χ3n) is 12.9. The molecule has 19 nitrogen and oxygen atoms in total. The van der Waals surface area contributed by atoms with Crippen molar-refractivity contribution in [2.45, 2.75) is 83.5 Å². The first kappa shape index (κ1) is 49.9. The molecule has 6 amide bonds. The second kappa shape index (κ2) is 23.9. The Hall–Kier alpha value is -6.51. The Balaban J connectivity index is 0.636. The van der Waals surface area contributed by atoms with E-state index in [0.717, 1.165) is 65.3 Å². The Morgan fingerprint density at radius 3 is 2.37 bits per heavy atom. The molecule has 372 valence electrons. The summed E-state index contributed by atoms with van der Waals surface area (Å²) in [4.78, 5) is 82.0. The Morgan fingerprint density at radius 2 is 1.61 bits per heavy atom. The van der Waals surface area contributed by atoms with Crippen molar-refractivity contribution in [3.05, 3.63) is 99.5 Å². The van der Waals surface area contributed by atoms with Crippen molar-refractivity contribution in [2.24, 2.45) is 0 Å². The number of anilines is 1. The summed E-state index contributed by atoms with van der Waals surface area (Å²) in [6.07, 6.45) is 6.79. The molecule has 0 radical (unpaired) electrons. The average molecular weight is 964 g/mol. The molecule has 3 aromatic carbocycles. The molecule has 4 aromatic rings. The Bertz CT molecular complexity index is 2560. The number of aromatic nitrogens is 2. The van der Waals surface area contributed by atoms with E-state index in [4.69, 9.17) is 28.7 Å². The van der Waals surface area contributed by atoms with Crippen molar-refractivity contribution < 1.29 is 57.6 Å². The number of hydrogen-bond acceptors (Lipinski definition) is 14. The highest BCUT2D eigenvalue weighted by Gasteiger charge is 2.45. The molecule has 0 bridgehead atoms. The highest BCUT2D eigenvalue weighted by Crippen LogP contribution is 2.36. The molecule has 4 aliphatic rings. The molecular weight excluding hydrogens is 903 g/mol. The normalized spacial score (nSPS) is 17.1. The van der Waals surface area contributed by atoms with Crippen molar-refractivity contribution in [1.82, 2.24) is 30.4 Å². The first-order valence-electron chi connectivity index (χ1n) is 24.1. The van der Waals surface area contributed by atoms with Gasteiger partial charge < -0.3 is 49.3 Å². The molecule has 1 fully saturated rings. The largest absolute Gasteiger partial charge is 0.493 e. The van der Waals surface area contributed by atoms with Crippen LogP contribution in [0.15, 0.2) is 54.7 Å². The molecule has 3 aliphatic heterocycles. The second-order valence-electron chi connectivity index (χ2n) is 17.6. The van der Waals surface area contributed by atoms with Crippen molar-refractivity contribution in [3.8, 4) is 17.0 Å². The maximum atomic E-state index is 13.6. The Kier molecular flexibility index (Phi) is 17.0. The summed E-state index contributed by atoms with van der Waals surface area (Å²) in [5, 5.41) is 21.5. The number of aliphatic hydroxyl groups excluding tert-OH is 1. The van der Waals surface area contributed by atoms with Crippen LogP contribution in [0.5, 0.6) is 5.75 Å². The zero-order valence-corrected chi connectivity index (χ0v) is 39.5. The number of carbonyl (C=O) groups excluding carboxylic acids is 6. The summed E-state index contributed by atoms with van der Waals surface area (Å²) >= 11 is 0. The van der Waals surface area contributed by atoms with Gasteiger partial charge in [-0.2, -0.15) is 0 Å². The van der Waals surface area contributed by atoms with Gasteiger partial charge in [-0.25, -0.2) is 4.98 Å². The van der Waals surface area contributed by atoms with E-state index in [0.29, 0.717) is 94.9 Å². The van der Waals surface area contributed by atoms with Crippen molar-refractivity contribution in [3.63, 3.8) is 0 Å². The molecule has 1 saturated heterocycles. The lowest BCUT2D eigenvalue weighted by Gasteiger charge is -2.27. The van der Waals surface area contributed by atoms with Gasteiger partial charge in [0.25, 0.3) is 17.7 Å². The van der Waals surface area contributed by atoms with Gasteiger partial charge in [0.2, 0.25) is 17.7 Å². The lowest BCUT2D eigenvalue weighted by molar-refractivity contribution is -0.136. The Labute approximate surface area is 405 Å². The Morgan fingerprint density at radius 1 is 0.843 bits per heavy atom. The molecule has 4 heterocycles. The fourth-order valence-corrected chi connectivity index (χ4v) is 9.16. The standard InChI is InChI=1S/C51H61N7O12/c1-32-36(31-59)27-35(48(62)55-39-11-10-33-8-9-34(28-38(33)39)41-30-57-17-3-7-44(57)54-41)29-43(32)70-18-4-15-53-45(60)14-19-66-21-23-68-25-26-69-24-22-67-20-16-52-40-6-2-5-37-47(40)51(65)58(50(37)64)42-12-13-46(61)56-49(42)63/h2,5-6,8-9,27-30,39,42,52,59H,3-4,7,10-26,31H2,1H3,(H,53,60)(H,55,62)(H,56,61,63)/t39-,42?/m1/s1. The van der Waals surface area contributed by atoms with Crippen LogP contribution in [0.2, 0.25) is 0 Å². The van der Waals surface area contributed by atoms with Crippen LogP contribution in [0.1, 0.15) is 104 Å². The third-order valence-corrected chi connectivity index (χ3v) is 12.9. The SMILES string of the molecule is Cc1c(CO)cc(C(=O)N[C@@H]2CCc3ccc(-c4cn5c(n4)CCC5)cc32)cc1OCCCNC(=O)CCOCCOCCOCCOCCNc1cccc2c1C(=O)N(C1CCC(=O)NC1=O)C2=O. The number of ether oxygens (including phenoxy) is 5. The van der Waals surface area contributed by atoms with Crippen LogP contribution in [0.4, 0.5) is 5.69 Å². The number of amides is 6. The monoisotopic (exact) mass is 963 g/mol. The number of aryl methyl sites for hydroxylation is 3. The van der Waals surface area contributed by atoms with E-state index in [2.05, 4.69) is 50.2 Å². The van der Waals surface area contributed by atoms with E-state index in [-0.39, 0.29) is 61.5 Å². The number of hydrogen-bond donors (Lipinski definition) is 5. The number of carbonyl (C=O) groups is 6. The van der Waals surface area contributed by atoms with Gasteiger partial charge in [-0.1, -0.05) is 18.2 Å². The molecule has 70 heavy (non-hydrogen) atoms. The molecular formula is C51H61N7O12. The van der Waals surface area contributed by atoms with Gasteiger partial charge in [0.15, 0.2) is 0 Å². The molecule has 1 unspecified atom stereocenters. The van der Waals surface area contributed by atoms with Crippen molar-refractivity contribution in [2.75, 3.05) is 77.9 Å². The molecule has 0 saturated carbocycles. The van der Waals surface area contributed by atoms with Crippen LogP contribution < -0.4 is 26.0 Å². The first-order valence-corrected chi connectivity index (χ1v) is 24.1.